The average molecular weight is 152 g/mol. The molecule has 0 saturated heterocycles. The van der Waals surface area contributed by atoms with Crippen LogP contribution in [-0.4, -0.2) is 23.6 Å². The van der Waals surface area contributed by atoms with E-state index in [1.807, 2.05) is 0 Å². The molecule has 0 bridgehead atoms. The molecule has 0 aliphatic heterocycles. The van der Waals surface area contributed by atoms with Crippen molar-refractivity contribution in [3.8, 4) is 0 Å². The Kier molecular flexibility index (Phi) is 6.48. The van der Waals surface area contributed by atoms with Crippen LogP contribution in [0.4, 0.5) is 0 Å². The molecule has 9 heavy (non-hydrogen) atoms. The van der Waals surface area contributed by atoms with E-state index in [-0.39, 0.29) is 12.0 Å². The van der Waals surface area contributed by atoms with E-state index in [1.54, 1.807) is 0 Å². The molecule has 3 heteroatoms. The van der Waals surface area contributed by atoms with Gasteiger partial charge in [-0.2, -0.15) is 0 Å². The number of unbranched alkanes of at least 4 members (excludes halogenated alkanes) is 1. The molecule has 0 aromatic rings. The summed E-state index contributed by atoms with van der Waals surface area (Å²) in [6.45, 7) is 0.793. The fourth-order valence-electron chi connectivity index (χ4n) is 0.595. The van der Waals surface area contributed by atoms with Crippen molar-refractivity contribution in [2.75, 3.05) is 13.2 Å². The molecule has 0 fully saturated rings. The zero-order valence-corrected chi connectivity index (χ0v) is 6.27. The molecular formula is C6H14ClNO. The Balaban J connectivity index is 2.88. The second-order valence-corrected chi connectivity index (χ2v) is 2.67. The molecule has 0 heterocycles. The summed E-state index contributed by atoms with van der Waals surface area (Å²) in [4.78, 5) is 0. The van der Waals surface area contributed by atoms with E-state index in [0.29, 0.717) is 6.54 Å². The third-order valence-electron chi connectivity index (χ3n) is 1.18. The van der Waals surface area contributed by atoms with Crippen molar-refractivity contribution in [1.82, 2.24) is 0 Å². The number of nitrogens with two attached hydrogens (primary N) is 1. The first-order valence-corrected chi connectivity index (χ1v) is 3.70. The molecule has 0 aliphatic carbocycles. The van der Waals surface area contributed by atoms with Crippen molar-refractivity contribution in [1.29, 1.82) is 0 Å². The average Bonchev–Trinajstić information content (AvgIpc) is 1.89. The lowest BCUT2D eigenvalue weighted by atomic mass is 10.2. The van der Waals surface area contributed by atoms with Gasteiger partial charge in [-0.05, 0) is 19.3 Å². The van der Waals surface area contributed by atoms with Crippen LogP contribution in [0.2, 0.25) is 0 Å². The second kappa shape index (κ2) is 6.33. The van der Waals surface area contributed by atoms with Crippen molar-refractivity contribution in [2.45, 2.75) is 24.6 Å². The minimum atomic E-state index is 0.0940. The summed E-state index contributed by atoms with van der Waals surface area (Å²) in [5, 5.41) is 8.47. The normalized spacial score (nSPS) is 13.7. The zero-order chi connectivity index (χ0) is 7.11. The molecule has 0 rings (SSSR count). The molecule has 1 unspecified atom stereocenters. The van der Waals surface area contributed by atoms with E-state index in [0.717, 1.165) is 19.3 Å². The van der Waals surface area contributed by atoms with E-state index < -0.39 is 0 Å². The summed E-state index contributed by atoms with van der Waals surface area (Å²) in [6.07, 6.45) is 2.73. The van der Waals surface area contributed by atoms with Gasteiger partial charge in [-0.1, -0.05) is 0 Å². The van der Waals surface area contributed by atoms with Gasteiger partial charge < -0.3 is 10.8 Å². The van der Waals surface area contributed by atoms with Crippen molar-refractivity contribution in [3.05, 3.63) is 0 Å². The third-order valence-corrected chi connectivity index (χ3v) is 1.58. The first-order chi connectivity index (χ1) is 4.31. The maximum Gasteiger partial charge on any atom is 0.0458 e. The van der Waals surface area contributed by atoms with Crippen LogP contribution in [0.3, 0.4) is 0 Å². The second-order valence-electron chi connectivity index (χ2n) is 2.05. The number of rotatable bonds is 5. The van der Waals surface area contributed by atoms with Crippen LogP contribution in [0, 0.1) is 0 Å². The number of halogens is 1. The smallest absolute Gasteiger partial charge is 0.0458 e. The molecule has 1 atom stereocenters. The number of hydrogen-bond acceptors (Lipinski definition) is 2. The van der Waals surface area contributed by atoms with Gasteiger partial charge in [0.25, 0.3) is 0 Å². The highest BCUT2D eigenvalue weighted by Crippen LogP contribution is 2.04. The molecule has 0 radical (unpaired) electrons. The Hall–Kier alpha value is 0.210. The highest BCUT2D eigenvalue weighted by molar-refractivity contribution is 6.20. The summed E-state index contributed by atoms with van der Waals surface area (Å²) in [5.74, 6) is 0. The van der Waals surface area contributed by atoms with Gasteiger partial charge in [0.1, 0.15) is 0 Å². The highest BCUT2D eigenvalue weighted by atomic mass is 35.5. The van der Waals surface area contributed by atoms with E-state index >= 15 is 0 Å². The standard InChI is InChI=1S/C6H14ClNO/c7-6(5-8)3-1-2-4-9/h6,9H,1-5,8H2. The fourth-order valence-corrected chi connectivity index (χ4v) is 0.750. The molecule has 56 valence electrons. The van der Waals surface area contributed by atoms with Crippen molar-refractivity contribution < 1.29 is 5.11 Å². The zero-order valence-electron chi connectivity index (χ0n) is 5.52. The van der Waals surface area contributed by atoms with Crippen molar-refractivity contribution in [3.63, 3.8) is 0 Å². The number of aliphatic hydroxyl groups excluding tert-OH is 1. The summed E-state index contributed by atoms with van der Waals surface area (Å²) < 4.78 is 0. The SMILES string of the molecule is NCC(Cl)CCCCO. The Morgan fingerprint density at radius 2 is 2.11 bits per heavy atom. The van der Waals surface area contributed by atoms with Crippen LogP contribution in [0.1, 0.15) is 19.3 Å². The van der Waals surface area contributed by atoms with E-state index in [1.165, 1.54) is 0 Å². The minimum Gasteiger partial charge on any atom is -0.396 e. The minimum absolute atomic E-state index is 0.0940. The van der Waals surface area contributed by atoms with E-state index in [9.17, 15) is 0 Å². The molecule has 2 nitrogen and oxygen atoms in total. The predicted molar refractivity (Wildman–Crippen MR) is 39.6 cm³/mol. The highest BCUT2D eigenvalue weighted by Gasteiger charge is 1.98. The lowest BCUT2D eigenvalue weighted by Gasteiger charge is -2.03. The van der Waals surface area contributed by atoms with Crippen LogP contribution < -0.4 is 5.73 Å². The monoisotopic (exact) mass is 151 g/mol. The van der Waals surface area contributed by atoms with Crippen LogP contribution in [-0.2, 0) is 0 Å². The molecule has 0 aliphatic rings. The van der Waals surface area contributed by atoms with E-state index in [2.05, 4.69) is 0 Å². The van der Waals surface area contributed by atoms with Gasteiger partial charge in [-0.25, -0.2) is 0 Å². The first kappa shape index (κ1) is 9.21. The lowest BCUT2D eigenvalue weighted by Crippen LogP contribution is -2.13. The molecule has 0 saturated carbocycles. The van der Waals surface area contributed by atoms with Crippen LogP contribution in [0.15, 0.2) is 0 Å². The Morgan fingerprint density at radius 1 is 1.44 bits per heavy atom. The maximum atomic E-state index is 8.38. The maximum absolute atomic E-state index is 8.38. The number of alkyl halides is 1. The first-order valence-electron chi connectivity index (χ1n) is 3.26. The Bertz CT molecular complexity index is 61.0. The van der Waals surface area contributed by atoms with Crippen molar-refractivity contribution in [2.24, 2.45) is 5.73 Å². The van der Waals surface area contributed by atoms with Gasteiger partial charge in [0.05, 0.1) is 0 Å². The third kappa shape index (κ3) is 6.09. The van der Waals surface area contributed by atoms with Crippen molar-refractivity contribution >= 4 is 11.6 Å². The van der Waals surface area contributed by atoms with Crippen LogP contribution in [0.25, 0.3) is 0 Å². The van der Waals surface area contributed by atoms with Gasteiger partial charge in [0, 0.05) is 18.5 Å². The molecule has 3 N–H and O–H groups in total. The van der Waals surface area contributed by atoms with Crippen LogP contribution >= 0.6 is 11.6 Å². The Morgan fingerprint density at radius 3 is 2.56 bits per heavy atom. The molecule has 0 amide bonds. The Labute approximate surface area is 61.0 Å². The summed E-state index contributed by atoms with van der Waals surface area (Å²) >= 11 is 5.69. The summed E-state index contributed by atoms with van der Waals surface area (Å²) in [7, 11) is 0. The number of aliphatic hydroxyl groups is 1. The lowest BCUT2D eigenvalue weighted by molar-refractivity contribution is 0.283. The van der Waals surface area contributed by atoms with Gasteiger partial charge in [0.2, 0.25) is 0 Å². The van der Waals surface area contributed by atoms with Gasteiger partial charge in [0.15, 0.2) is 0 Å². The topological polar surface area (TPSA) is 46.2 Å². The molecule has 0 aromatic heterocycles. The molecule has 0 spiro atoms. The molecule has 0 aromatic carbocycles. The van der Waals surface area contributed by atoms with Gasteiger partial charge in [-0.3, -0.25) is 0 Å². The quantitative estimate of drug-likeness (QED) is 0.449. The van der Waals surface area contributed by atoms with E-state index in [4.69, 9.17) is 22.4 Å². The summed E-state index contributed by atoms with van der Waals surface area (Å²) in [5.41, 5.74) is 5.26. The largest absolute Gasteiger partial charge is 0.396 e. The predicted octanol–water partition coefficient (Wildman–Crippen LogP) is 0.715. The van der Waals surface area contributed by atoms with Gasteiger partial charge >= 0.3 is 0 Å². The van der Waals surface area contributed by atoms with Gasteiger partial charge in [-0.15, -0.1) is 11.6 Å². The fraction of sp³-hybridized carbons (Fsp3) is 1.00. The molecular weight excluding hydrogens is 138 g/mol. The van der Waals surface area contributed by atoms with Crippen LogP contribution in [0.5, 0.6) is 0 Å². The summed E-state index contributed by atoms with van der Waals surface area (Å²) in [6, 6.07) is 0. The number of hydrogen-bond donors (Lipinski definition) is 2.